The second-order valence-corrected chi connectivity index (χ2v) is 5.36. The molecule has 3 aromatic rings. The van der Waals surface area contributed by atoms with Crippen LogP contribution in [0.4, 0.5) is 0 Å². The minimum absolute atomic E-state index is 0.321. The Bertz CT molecular complexity index is 963. The van der Waals surface area contributed by atoms with Crippen LogP contribution in [0.1, 0.15) is 5.56 Å². The quantitative estimate of drug-likeness (QED) is 0.722. The maximum absolute atomic E-state index is 8.49. The second kappa shape index (κ2) is 6.21. The molecule has 118 valence electrons. The van der Waals surface area contributed by atoms with Gasteiger partial charge in [-0.2, -0.15) is 0 Å². The van der Waals surface area contributed by atoms with Gasteiger partial charge in [-0.15, -0.1) is 0 Å². The van der Waals surface area contributed by atoms with Crippen LogP contribution >= 0.6 is 12.2 Å². The van der Waals surface area contributed by atoms with Gasteiger partial charge in [-0.05, 0) is 36.0 Å². The number of nitrogens with one attached hydrogen (secondary N) is 2. The normalized spacial score (nSPS) is 10.7. The molecule has 0 radical (unpaired) electrons. The van der Waals surface area contributed by atoms with E-state index in [1.54, 1.807) is 43.3 Å². The van der Waals surface area contributed by atoms with Crippen molar-refractivity contribution in [2.24, 2.45) is 0 Å². The average Bonchev–Trinajstić information content (AvgIpc) is 2.58. The van der Waals surface area contributed by atoms with E-state index in [0.717, 1.165) is 11.1 Å². The lowest BCUT2D eigenvalue weighted by molar-refractivity contribution is 0.355. The summed E-state index contributed by atoms with van der Waals surface area (Å²) < 4.78 is 12.8. The van der Waals surface area contributed by atoms with Crippen LogP contribution in [0.2, 0.25) is 0 Å². The zero-order chi connectivity index (χ0) is 16.4. The lowest BCUT2D eigenvalue weighted by Crippen LogP contribution is -2.23. The van der Waals surface area contributed by atoms with Crippen LogP contribution in [0.3, 0.4) is 0 Å². The van der Waals surface area contributed by atoms with E-state index in [1.165, 1.54) is 0 Å². The predicted octanol–water partition coefficient (Wildman–Crippen LogP) is 2.64. The zero-order valence-electron chi connectivity index (χ0n) is 12.8. The molecule has 6 nitrogen and oxygen atoms in total. The largest absolute Gasteiger partial charge is 0.493 e. The fraction of sp³-hybridized carbons (Fsp3) is 0.188. The number of nitrogens with zero attached hydrogens (tertiary/aromatic N) is 2. The van der Waals surface area contributed by atoms with E-state index >= 15 is 0 Å². The first-order chi connectivity index (χ1) is 11.1. The molecule has 1 aromatic carbocycles. The highest BCUT2D eigenvalue weighted by atomic mass is 32.1. The van der Waals surface area contributed by atoms with E-state index in [4.69, 9.17) is 27.1 Å². The lowest BCUT2D eigenvalue weighted by Gasteiger charge is -2.13. The van der Waals surface area contributed by atoms with Crippen LogP contribution in [-0.2, 0) is 6.54 Å². The Morgan fingerprint density at radius 2 is 1.83 bits per heavy atom. The summed E-state index contributed by atoms with van der Waals surface area (Å²) in [6, 6.07) is 7.38. The number of aromatic amines is 1. The molecule has 0 saturated heterocycles. The zero-order valence-corrected chi connectivity index (χ0v) is 13.6. The molecule has 0 aliphatic heterocycles. The van der Waals surface area contributed by atoms with Crippen molar-refractivity contribution in [3.05, 3.63) is 52.5 Å². The third-order valence-electron chi connectivity index (χ3n) is 3.63. The van der Waals surface area contributed by atoms with Crippen LogP contribution in [-0.4, -0.2) is 28.8 Å². The van der Waals surface area contributed by atoms with Crippen molar-refractivity contribution in [2.45, 2.75) is 6.54 Å². The Kier molecular flexibility index (Phi) is 4.12. The van der Waals surface area contributed by atoms with Gasteiger partial charge >= 0.3 is 0 Å². The third kappa shape index (κ3) is 2.83. The van der Waals surface area contributed by atoms with E-state index in [0.29, 0.717) is 33.7 Å². The first kappa shape index (κ1) is 15.2. The topological polar surface area (TPSA) is 75.9 Å². The van der Waals surface area contributed by atoms with Crippen molar-refractivity contribution in [3.63, 3.8) is 0 Å². The Labute approximate surface area is 137 Å². The van der Waals surface area contributed by atoms with Gasteiger partial charge in [0.05, 0.1) is 26.3 Å². The van der Waals surface area contributed by atoms with Crippen LogP contribution in [0.5, 0.6) is 11.5 Å². The Morgan fingerprint density at radius 3 is 2.48 bits per heavy atom. The van der Waals surface area contributed by atoms with E-state index in [9.17, 15) is 0 Å². The number of aromatic nitrogens is 3. The number of benzene rings is 1. The summed E-state index contributed by atoms with van der Waals surface area (Å²) >= 11 is 5.41. The number of pyridine rings is 1. The molecule has 0 bridgehead atoms. The summed E-state index contributed by atoms with van der Waals surface area (Å²) in [7, 11) is 3.15. The van der Waals surface area contributed by atoms with Gasteiger partial charge in [-0.25, -0.2) is 0 Å². The Balaban J connectivity index is 2.21. The van der Waals surface area contributed by atoms with Gasteiger partial charge in [0.15, 0.2) is 16.3 Å². The summed E-state index contributed by atoms with van der Waals surface area (Å²) in [5.74, 6) is 1.17. The highest BCUT2D eigenvalue weighted by molar-refractivity contribution is 7.71. The minimum Gasteiger partial charge on any atom is -0.493 e. The average molecular weight is 328 g/mol. The molecular weight excluding hydrogens is 312 g/mol. The predicted molar refractivity (Wildman–Crippen MR) is 89.4 cm³/mol. The summed E-state index contributed by atoms with van der Waals surface area (Å²) in [5.41, 5.74) is 2.09. The van der Waals surface area contributed by atoms with Gasteiger partial charge in [0.1, 0.15) is 5.49 Å². The van der Waals surface area contributed by atoms with E-state index in [-0.39, 0.29) is 0 Å². The number of methoxy groups -OCH3 is 2. The molecule has 0 amide bonds. The maximum Gasteiger partial charge on any atom is 0.179 e. The molecule has 0 spiro atoms. The summed E-state index contributed by atoms with van der Waals surface area (Å²) in [6.45, 7) is 0.501. The lowest BCUT2D eigenvalue weighted by atomic mass is 10.2. The molecule has 0 fully saturated rings. The molecule has 3 rings (SSSR count). The van der Waals surface area contributed by atoms with Gasteiger partial charge < -0.3 is 14.5 Å². The van der Waals surface area contributed by atoms with Crippen molar-refractivity contribution in [1.82, 2.24) is 14.5 Å². The first-order valence-electron chi connectivity index (χ1n) is 6.96. The van der Waals surface area contributed by atoms with Crippen LogP contribution in [0, 0.1) is 10.2 Å². The number of hydrogen-bond acceptors (Lipinski definition) is 5. The molecule has 2 N–H and O–H groups in total. The van der Waals surface area contributed by atoms with E-state index in [2.05, 4.69) is 9.97 Å². The number of fused-ring (bicyclic) bond motifs is 1. The monoisotopic (exact) mass is 328 g/mol. The summed E-state index contributed by atoms with van der Waals surface area (Å²) in [6.07, 6.45) is 3.45. The van der Waals surface area contributed by atoms with Crippen molar-refractivity contribution in [3.8, 4) is 11.5 Å². The first-order valence-corrected chi connectivity index (χ1v) is 7.37. The Hall–Kier alpha value is -2.67. The molecule has 23 heavy (non-hydrogen) atoms. The molecule has 0 aliphatic rings. The standard InChI is InChI=1S/C16H16N4O2S/c1-21-13-7-11-12(8-14(13)22-2)19-16(23)20(15(11)17)9-10-3-5-18-6-4-10/h3-8,17H,9H2,1-2H3,(H,19,23). The number of rotatable bonds is 4. The van der Waals surface area contributed by atoms with E-state index < -0.39 is 0 Å². The number of hydrogen-bond donors (Lipinski definition) is 2. The van der Waals surface area contributed by atoms with Gasteiger partial charge in [0.2, 0.25) is 0 Å². The van der Waals surface area contributed by atoms with E-state index in [1.807, 2.05) is 12.1 Å². The molecule has 7 heteroatoms. The van der Waals surface area contributed by atoms with Crippen LogP contribution < -0.4 is 15.0 Å². The SMILES string of the molecule is COc1cc2[nH]c(=S)n(Cc3ccncc3)c(=N)c2cc1OC. The smallest absolute Gasteiger partial charge is 0.179 e. The fourth-order valence-corrected chi connectivity index (χ4v) is 2.70. The maximum atomic E-state index is 8.49. The van der Waals surface area contributed by atoms with Crippen molar-refractivity contribution in [1.29, 1.82) is 5.41 Å². The van der Waals surface area contributed by atoms with Gasteiger partial charge in [-0.3, -0.25) is 15.0 Å². The Morgan fingerprint density at radius 1 is 1.17 bits per heavy atom. The second-order valence-electron chi connectivity index (χ2n) is 4.97. The number of H-pyrrole nitrogens is 1. The summed E-state index contributed by atoms with van der Waals surface area (Å²) in [5, 5.41) is 9.21. The highest BCUT2D eigenvalue weighted by Gasteiger charge is 2.10. The van der Waals surface area contributed by atoms with Gasteiger partial charge in [0.25, 0.3) is 0 Å². The van der Waals surface area contributed by atoms with Crippen LogP contribution in [0.15, 0.2) is 36.7 Å². The van der Waals surface area contributed by atoms with Gasteiger partial charge in [-0.1, -0.05) is 0 Å². The molecule has 0 atom stereocenters. The molecular formula is C16H16N4O2S. The highest BCUT2D eigenvalue weighted by Crippen LogP contribution is 2.29. The molecule has 2 heterocycles. The molecule has 0 unspecified atom stereocenters. The van der Waals surface area contributed by atoms with Gasteiger partial charge in [0, 0.05) is 23.8 Å². The third-order valence-corrected chi connectivity index (χ3v) is 3.95. The fourth-order valence-electron chi connectivity index (χ4n) is 2.43. The van der Waals surface area contributed by atoms with Crippen LogP contribution in [0.25, 0.3) is 10.9 Å². The molecule has 2 aromatic heterocycles. The minimum atomic E-state index is 0.321. The molecule has 0 saturated carbocycles. The van der Waals surface area contributed by atoms with Crippen molar-refractivity contribution in [2.75, 3.05) is 14.2 Å². The summed E-state index contributed by atoms with van der Waals surface area (Å²) in [4.78, 5) is 7.16. The number of ether oxygens (including phenoxy) is 2. The van der Waals surface area contributed by atoms with Crippen molar-refractivity contribution >= 4 is 23.1 Å². The molecule has 0 aliphatic carbocycles. The van der Waals surface area contributed by atoms with Crippen molar-refractivity contribution < 1.29 is 9.47 Å².